The molecule has 2 rings (SSSR count). The Labute approximate surface area is 135 Å². The van der Waals surface area contributed by atoms with Crippen LogP contribution in [0.25, 0.3) is 0 Å². The molecule has 0 atom stereocenters. The SMILES string of the molecule is CNC(=O)CN1CCC(NC(=O)NCc2ccc(C)s2)CC1. The van der Waals surface area contributed by atoms with Crippen molar-refractivity contribution in [1.29, 1.82) is 0 Å². The lowest BCUT2D eigenvalue weighted by Crippen LogP contribution is -2.49. The quantitative estimate of drug-likeness (QED) is 0.758. The highest BCUT2D eigenvalue weighted by Crippen LogP contribution is 2.14. The van der Waals surface area contributed by atoms with Crippen LogP contribution in [-0.2, 0) is 11.3 Å². The van der Waals surface area contributed by atoms with Gasteiger partial charge in [0.05, 0.1) is 13.1 Å². The van der Waals surface area contributed by atoms with Gasteiger partial charge < -0.3 is 16.0 Å². The highest BCUT2D eigenvalue weighted by atomic mass is 32.1. The number of amides is 3. The van der Waals surface area contributed by atoms with E-state index in [0.717, 1.165) is 30.8 Å². The fourth-order valence-electron chi connectivity index (χ4n) is 2.50. The molecule has 0 aromatic carbocycles. The minimum atomic E-state index is -0.115. The van der Waals surface area contributed by atoms with E-state index in [1.807, 2.05) is 6.07 Å². The van der Waals surface area contributed by atoms with Crippen LogP contribution in [0.5, 0.6) is 0 Å². The zero-order valence-corrected chi connectivity index (χ0v) is 14.0. The molecule has 0 saturated carbocycles. The number of carbonyl (C=O) groups is 2. The van der Waals surface area contributed by atoms with Crippen molar-refractivity contribution >= 4 is 23.3 Å². The van der Waals surface area contributed by atoms with Crippen molar-refractivity contribution in [3.05, 3.63) is 21.9 Å². The number of piperidine rings is 1. The Morgan fingerprint density at radius 3 is 2.64 bits per heavy atom. The lowest BCUT2D eigenvalue weighted by atomic mass is 10.1. The molecule has 1 fully saturated rings. The number of likely N-dealkylation sites (N-methyl/N-ethyl adjacent to an activating group) is 1. The van der Waals surface area contributed by atoms with Crippen LogP contribution >= 0.6 is 11.3 Å². The second kappa shape index (κ2) is 8.14. The third-order valence-corrected chi connectivity index (χ3v) is 4.79. The van der Waals surface area contributed by atoms with E-state index in [0.29, 0.717) is 13.1 Å². The van der Waals surface area contributed by atoms with Gasteiger partial charge in [-0.2, -0.15) is 0 Å². The smallest absolute Gasteiger partial charge is 0.315 e. The lowest BCUT2D eigenvalue weighted by Gasteiger charge is -2.31. The van der Waals surface area contributed by atoms with Crippen LogP contribution in [0.1, 0.15) is 22.6 Å². The summed E-state index contributed by atoms with van der Waals surface area (Å²) in [5, 5.41) is 8.54. The number of rotatable bonds is 5. The van der Waals surface area contributed by atoms with Gasteiger partial charge in [-0.1, -0.05) is 0 Å². The van der Waals surface area contributed by atoms with Crippen LogP contribution in [0.2, 0.25) is 0 Å². The molecule has 1 aliphatic heterocycles. The Hall–Kier alpha value is -1.60. The van der Waals surface area contributed by atoms with Crippen molar-refractivity contribution < 1.29 is 9.59 Å². The molecule has 2 heterocycles. The van der Waals surface area contributed by atoms with Crippen LogP contribution in [0.3, 0.4) is 0 Å². The topological polar surface area (TPSA) is 73.5 Å². The van der Waals surface area contributed by atoms with Crippen LogP contribution in [0.4, 0.5) is 4.79 Å². The third-order valence-electron chi connectivity index (χ3n) is 3.79. The molecule has 3 amide bonds. The highest BCUT2D eigenvalue weighted by Gasteiger charge is 2.21. The first kappa shape index (κ1) is 16.8. The zero-order valence-electron chi connectivity index (χ0n) is 13.1. The van der Waals surface area contributed by atoms with Crippen molar-refractivity contribution in [2.75, 3.05) is 26.7 Å². The normalized spacial score (nSPS) is 16.3. The van der Waals surface area contributed by atoms with E-state index in [1.165, 1.54) is 4.88 Å². The van der Waals surface area contributed by atoms with Crippen molar-refractivity contribution in [2.45, 2.75) is 32.4 Å². The minimum Gasteiger partial charge on any atom is -0.358 e. The number of hydrogen-bond donors (Lipinski definition) is 3. The number of nitrogens with one attached hydrogen (secondary N) is 3. The maximum Gasteiger partial charge on any atom is 0.315 e. The zero-order chi connectivity index (χ0) is 15.9. The molecule has 0 spiro atoms. The van der Waals surface area contributed by atoms with Gasteiger partial charge in [0.25, 0.3) is 0 Å². The van der Waals surface area contributed by atoms with Crippen molar-refractivity contribution in [3.8, 4) is 0 Å². The van der Waals surface area contributed by atoms with Gasteiger partial charge in [-0.05, 0) is 31.9 Å². The predicted octanol–water partition coefficient (Wildman–Crippen LogP) is 1.07. The average Bonchev–Trinajstić information content (AvgIpc) is 2.92. The van der Waals surface area contributed by atoms with E-state index in [2.05, 4.69) is 33.8 Å². The first-order chi connectivity index (χ1) is 10.6. The predicted molar refractivity (Wildman–Crippen MR) is 88.0 cm³/mol. The van der Waals surface area contributed by atoms with E-state index in [-0.39, 0.29) is 18.0 Å². The molecular formula is C15H24N4O2S. The summed E-state index contributed by atoms with van der Waals surface area (Å²) in [6.45, 7) is 4.73. The first-order valence-corrected chi connectivity index (χ1v) is 8.41. The average molecular weight is 324 g/mol. The fourth-order valence-corrected chi connectivity index (χ4v) is 3.33. The van der Waals surface area contributed by atoms with Crippen LogP contribution in [-0.4, -0.2) is 49.6 Å². The van der Waals surface area contributed by atoms with E-state index in [9.17, 15) is 9.59 Å². The van der Waals surface area contributed by atoms with E-state index in [1.54, 1.807) is 18.4 Å². The molecule has 1 aromatic heterocycles. The van der Waals surface area contributed by atoms with Crippen molar-refractivity contribution in [1.82, 2.24) is 20.9 Å². The fraction of sp³-hybridized carbons (Fsp3) is 0.600. The number of thiophene rings is 1. The number of urea groups is 1. The molecule has 7 heteroatoms. The standard InChI is InChI=1S/C15H24N4O2S/c1-11-3-4-13(22-11)9-17-15(21)18-12-5-7-19(8-6-12)10-14(20)16-2/h3-4,12H,5-10H2,1-2H3,(H,16,20)(H2,17,18,21). The van der Waals surface area contributed by atoms with Gasteiger partial charge in [-0.3, -0.25) is 9.69 Å². The molecule has 3 N–H and O–H groups in total. The van der Waals surface area contributed by atoms with E-state index in [4.69, 9.17) is 0 Å². The van der Waals surface area contributed by atoms with Gasteiger partial charge in [0.15, 0.2) is 0 Å². The number of nitrogens with zero attached hydrogens (tertiary/aromatic N) is 1. The highest BCUT2D eigenvalue weighted by molar-refractivity contribution is 7.11. The maximum atomic E-state index is 11.9. The van der Waals surface area contributed by atoms with Gasteiger partial charge in [0.2, 0.25) is 5.91 Å². The summed E-state index contributed by atoms with van der Waals surface area (Å²) in [4.78, 5) is 27.8. The molecular weight excluding hydrogens is 300 g/mol. The molecule has 1 aliphatic rings. The molecule has 0 bridgehead atoms. The maximum absolute atomic E-state index is 11.9. The molecule has 0 unspecified atom stereocenters. The summed E-state index contributed by atoms with van der Waals surface area (Å²) in [5.74, 6) is 0.0374. The molecule has 122 valence electrons. The largest absolute Gasteiger partial charge is 0.358 e. The monoisotopic (exact) mass is 324 g/mol. The second-order valence-electron chi connectivity index (χ2n) is 5.56. The number of likely N-dealkylation sites (tertiary alicyclic amines) is 1. The van der Waals surface area contributed by atoms with Gasteiger partial charge in [0.1, 0.15) is 0 Å². The summed E-state index contributed by atoms with van der Waals surface area (Å²) in [5.41, 5.74) is 0. The van der Waals surface area contributed by atoms with Gasteiger partial charge in [-0.25, -0.2) is 4.79 Å². The Kier molecular flexibility index (Phi) is 6.21. The van der Waals surface area contributed by atoms with E-state index < -0.39 is 0 Å². The van der Waals surface area contributed by atoms with Crippen LogP contribution < -0.4 is 16.0 Å². The Morgan fingerprint density at radius 1 is 1.32 bits per heavy atom. The van der Waals surface area contributed by atoms with Crippen molar-refractivity contribution in [3.63, 3.8) is 0 Å². The third kappa shape index (κ3) is 5.31. The minimum absolute atomic E-state index is 0.0374. The van der Waals surface area contributed by atoms with Crippen LogP contribution in [0.15, 0.2) is 12.1 Å². The second-order valence-corrected chi connectivity index (χ2v) is 6.94. The molecule has 0 aliphatic carbocycles. The lowest BCUT2D eigenvalue weighted by molar-refractivity contribution is -0.122. The van der Waals surface area contributed by atoms with Gasteiger partial charge >= 0.3 is 6.03 Å². The summed E-state index contributed by atoms with van der Waals surface area (Å²) in [7, 11) is 1.65. The Morgan fingerprint density at radius 2 is 2.05 bits per heavy atom. The molecule has 1 aromatic rings. The van der Waals surface area contributed by atoms with Gasteiger partial charge in [0, 0.05) is 35.9 Å². The van der Waals surface area contributed by atoms with Crippen molar-refractivity contribution in [2.24, 2.45) is 0 Å². The van der Waals surface area contributed by atoms with E-state index >= 15 is 0 Å². The summed E-state index contributed by atoms with van der Waals surface area (Å²) in [6, 6.07) is 4.17. The molecule has 6 nitrogen and oxygen atoms in total. The number of hydrogen-bond acceptors (Lipinski definition) is 4. The number of aryl methyl sites for hydroxylation is 1. The van der Waals surface area contributed by atoms with Crippen LogP contribution in [0, 0.1) is 6.92 Å². The Balaban J connectivity index is 1.65. The molecule has 22 heavy (non-hydrogen) atoms. The number of carbonyl (C=O) groups excluding carboxylic acids is 2. The molecule has 1 saturated heterocycles. The summed E-state index contributed by atoms with van der Waals surface area (Å²) >= 11 is 1.70. The summed E-state index contributed by atoms with van der Waals surface area (Å²) in [6.07, 6.45) is 1.76. The Bertz CT molecular complexity index is 509. The van der Waals surface area contributed by atoms with Gasteiger partial charge in [-0.15, -0.1) is 11.3 Å². The molecule has 0 radical (unpaired) electrons. The first-order valence-electron chi connectivity index (χ1n) is 7.59. The summed E-state index contributed by atoms with van der Waals surface area (Å²) < 4.78 is 0.